The van der Waals surface area contributed by atoms with E-state index in [0.717, 1.165) is 11.3 Å². The van der Waals surface area contributed by atoms with E-state index < -0.39 is 0 Å². The van der Waals surface area contributed by atoms with Crippen molar-refractivity contribution >= 4 is 6.21 Å². The molecule has 4 nitrogen and oxygen atoms in total. The van der Waals surface area contributed by atoms with E-state index in [0.29, 0.717) is 0 Å². The maximum Gasteiger partial charge on any atom is 0.0682 e. The Morgan fingerprint density at radius 2 is 2.45 bits per heavy atom. The zero-order valence-corrected chi connectivity index (χ0v) is 7.00. The average molecular weight is 152 g/mol. The highest BCUT2D eigenvalue weighted by atomic mass is 15.3. The molecule has 0 aliphatic heterocycles. The van der Waals surface area contributed by atoms with Crippen LogP contribution in [0.15, 0.2) is 11.3 Å². The fraction of sp³-hybridized carbons (Fsp3) is 0.429. The Morgan fingerprint density at radius 1 is 1.73 bits per heavy atom. The van der Waals surface area contributed by atoms with Crippen molar-refractivity contribution in [1.82, 2.24) is 15.2 Å². The second-order valence-electron chi connectivity index (χ2n) is 2.33. The van der Waals surface area contributed by atoms with Gasteiger partial charge in [-0.05, 0) is 6.92 Å². The molecule has 60 valence electrons. The third-order valence-corrected chi connectivity index (χ3v) is 1.38. The van der Waals surface area contributed by atoms with Crippen LogP contribution >= 0.6 is 0 Å². The van der Waals surface area contributed by atoms with Crippen LogP contribution in [0.4, 0.5) is 0 Å². The zero-order chi connectivity index (χ0) is 8.27. The molecule has 0 fully saturated rings. The van der Waals surface area contributed by atoms with Gasteiger partial charge in [-0.1, -0.05) is 0 Å². The largest absolute Gasteiger partial charge is 0.313 e. The van der Waals surface area contributed by atoms with Crippen molar-refractivity contribution in [3.63, 3.8) is 0 Å². The number of aryl methyl sites for hydroxylation is 2. The van der Waals surface area contributed by atoms with Crippen LogP contribution in [-0.4, -0.2) is 23.0 Å². The summed E-state index contributed by atoms with van der Waals surface area (Å²) in [6.07, 6.45) is 3.68. The fourth-order valence-electron chi connectivity index (χ4n) is 0.879. The van der Waals surface area contributed by atoms with Crippen molar-refractivity contribution in [3.05, 3.63) is 17.5 Å². The summed E-state index contributed by atoms with van der Waals surface area (Å²) in [5.41, 5.74) is 4.72. The Hall–Kier alpha value is -1.32. The SMILES string of the molecule is CNN=Cc1cn(C)nc1C. The van der Waals surface area contributed by atoms with Gasteiger partial charge in [0.1, 0.15) is 0 Å². The molecule has 4 heteroatoms. The van der Waals surface area contributed by atoms with Gasteiger partial charge in [-0.15, -0.1) is 0 Å². The molecule has 0 radical (unpaired) electrons. The first kappa shape index (κ1) is 7.78. The van der Waals surface area contributed by atoms with E-state index in [2.05, 4.69) is 15.6 Å². The maximum absolute atomic E-state index is 4.16. The molecule has 0 aliphatic carbocycles. The van der Waals surface area contributed by atoms with Crippen LogP contribution in [0.2, 0.25) is 0 Å². The van der Waals surface area contributed by atoms with Gasteiger partial charge in [0, 0.05) is 25.9 Å². The predicted molar refractivity (Wildman–Crippen MR) is 44.6 cm³/mol. The average Bonchev–Trinajstić information content (AvgIpc) is 2.26. The van der Waals surface area contributed by atoms with Crippen LogP contribution in [0.25, 0.3) is 0 Å². The number of rotatable bonds is 2. The molecule has 0 bridgehead atoms. The van der Waals surface area contributed by atoms with E-state index in [1.165, 1.54) is 0 Å². The molecular weight excluding hydrogens is 140 g/mol. The Balaban J connectivity index is 2.85. The zero-order valence-electron chi connectivity index (χ0n) is 7.00. The van der Waals surface area contributed by atoms with Gasteiger partial charge in [-0.25, -0.2) is 0 Å². The molecule has 0 spiro atoms. The van der Waals surface area contributed by atoms with Crippen molar-refractivity contribution in [2.45, 2.75) is 6.92 Å². The van der Waals surface area contributed by atoms with Gasteiger partial charge >= 0.3 is 0 Å². The van der Waals surface area contributed by atoms with E-state index in [1.807, 2.05) is 20.2 Å². The molecule has 0 saturated heterocycles. The normalized spacial score (nSPS) is 10.8. The molecule has 1 heterocycles. The molecule has 0 unspecified atom stereocenters. The second kappa shape index (κ2) is 3.18. The smallest absolute Gasteiger partial charge is 0.0682 e. The lowest BCUT2D eigenvalue weighted by atomic mass is 10.3. The molecule has 1 aromatic rings. The van der Waals surface area contributed by atoms with Gasteiger partial charge in [0.2, 0.25) is 0 Å². The minimum Gasteiger partial charge on any atom is -0.313 e. The van der Waals surface area contributed by atoms with Crippen LogP contribution < -0.4 is 5.43 Å². The number of nitrogens with one attached hydrogen (secondary N) is 1. The first-order chi connectivity index (χ1) is 5.24. The first-order valence-corrected chi connectivity index (χ1v) is 3.44. The van der Waals surface area contributed by atoms with E-state index in [1.54, 1.807) is 17.9 Å². The maximum atomic E-state index is 4.16. The molecule has 0 atom stereocenters. The summed E-state index contributed by atoms with van der Waals surface area (Å²) in [6.45, 7) is 1.96. The summed E-state index contributed by atoms with van der Waals surface area (Å²) < 4.78 is 1.77. The van der Waals surface area contributed by atoms with E-state index in [-0.39, 0.29) is 0 Å². The highest BCUT2D eigenvalue weighted by Gasteiger charge is 1.97. The predicted octanol–water partition coefficient (Wildman–Crippen LogP) is 0.282. The highest BCUT2D eigenvalue weighted by molar-refractivity contribution is 5.80. The quantitative estimate of drug-likeness (QED) is 0.488. The van der Waals surface area contributed by atoms with E-state index in [9.17, 15) is 0 Å². The Labute approximate surface area is 65.9 Å². The van der Waals surface area contributed by atoms with Crippen molar-refractivity contribution < 1.29 is 0 Å². The van der Waals surface area contributed by atoms with Gasteiger partial charge in [0.15, 0.2) is 0 Å². The van der Waals surface area contributed by atoms with E-state index >= 15 is 0 Å². The summed E-state index contributed by atoms with van der Waals surface area (Å²) in [4.78, 5) is 0. The lowest BCUT2D eigenvalue weighted by molar-refractivity contribution is 0.756. The van der Waals surface area contributed by atoms with Gasteiger partial charge in [0.05, 0.1) is 11.9 Å². The lowest BCUT2D eigenvalue weighted by Gasteiger charge is -1.85. The monoisotopic (exact) mass is 152 g/mol. The van der Waals surface area contributed by atoms with Crippen molar-refractivity contribution in [3.8, 4) is 0 Å². The number of hydrazone groups is 1. The van der Waals surface area contributed by atoms with E-state index in [4.69, 9.17) is 0 Å². The number of hydrogen-bond acceptors (Lipinski definition) is 3. The van der Waals surface area contributed by atoms with Crippen molar-refractivity contribution in [2.24, 2.45) is 12.1 Å². The number of nitrogens with zero attached hydrogens (tertiary/aromatic N) is 3. The molecule has 0 aromatic carbocycles. The van der Waals surface area contributed by atoms with Gasteiger partial charge < -0.3 is 5.43 Å². The van der Waals surface area contributed by atoms with Crippen LogP contribution in [-0.2, 0) is 7.05 Å². The minimum absolute atomic E-state index is 0.992. The van der Waals surface area contributed by atoms with Crippen LogP contribution in [0.5, 0.6) is 0 Å². The molecule has 1 aromatic heterocycles. The van der Waals surface area contributed by atoms with Gasteiger partial charge in [-0.3, -0.25) is 4.68 Å². The molecular formula is C7H12N4. The Kier molecular flexibility index (Phi) is 2.25. The molecule has 0 saturated carbocycles. The molecule has 11 heavy (non-hydrogen) atoms. The van der Waals surface area contributed by atoms with Crippen LogP contribution in [0.3, 0.4) is 0 Å². The topological polar surface area (TPSA) is 42.2 Å². The molecule has 1 N–H and O–H groups in total. The highest BCUT2D eigenvalue weighted by Crippen LogP contribution is 1.99. The Bertz CT molecular complexity index is 261. The van der Waals surface area contributed by atoms with Crippen LogP contribution in [0, 0.1) is 6.92 Å². The first-order valence-electron chi connectivity index (χ1n) is 3.44. The molecule has 0 aliphatic rings. The second-order valence-corrected chi connectivity index (χ2v) is 2.33. The van der Waals surface area contributed by atoms with Crippen molar-refractivity contribution in [1.29, 1.82) is 0 Å². The van der Waals surface area contributed by atoms with Crippen molar-refractivity contribution in [2.75, 3.05) is 7.05 Å². The third kappa shape index (κ3) is 1.80. The standard InChI is InChI=1S/C7H12N4/c1-6-7(4-9-8-2)5-11(3)10-6/h4-5,8H,1-3H3. The van der Waals surface area contributed by atoms with Gasteiger partial charge in [-0.2, -0.15) is 10.2 Å². The number of hydrogen-bond donors (Lipinski definition) is 1. The molecule has 1 rings (SSSR count). The summed E-state index contributed by atoms with van der Waals surface area (Å²) in [6, 6.07) is 0. The fourth-order valence-corrected chi connectivity index (χ4v) is 0.879. The third-order valence-electron chi connectivity index (χ3n) is 1.38. The Morgan fingerprint density at radius 3 is 2.91 bits per heavy atom. The minimum atomic E-state index is 0.992. The lowest BCUT2D eigenvalue weighted by Crippen LogP contribution is -1.94. The molecule has 0 amide bonds. The summed E-state index contributed by atoms with van der Waals surface area (Å²) in [5, 5.41) is 8.05. The summed E-state index contributed by atoms with van der Waals surface area (Å²) in [7, 11) is 3.66. The summed E-state index contributed by atoms with van der Waals surface area (Å²) >= 11 is 0. The van der Waals surface area contributed by atoms with Gasteiger partial charge in [0.25, 0.3) is 0 Å². The summed E-state index contributed by atoms with van der Waals surface area (Å²) in [5.74, 6) is 0. The number of aromatic nitrogens is 2. The van der Waals surface area contributed by atoms with Crippen LogP contribution in [0.1, 0.15) is 11.3 Å².